The van der Waals surface area contributed by atoms with E-state index in [0.717, 1.165) is 6.42 Å². The van der Waals surface area contributed by atoms with Crippen LogP contribution in [-0.2, 0) is 20.7 Å². The molecule has 1 aromatic rings. The first-order valence-electron chi connectivity index (χ1n) is 6.75. The number of rotatable bonds is 7. The Morgan fingerprint density at radius 1 is 1.14 bits per heavy atom. The van der Waals surface area contributed by atoms with Gasteiger partial charge in [0.1, 0.15) is 6.54 Å². The fourth-order valence-electron chi connectivity index (χ4n) is 1.51. The van der Waals surface area contributed by atoms with Crippen LogP contribution in [0.2, 0.25) is 0 Å². The molecule has 0 aliphatic heterocycles. The molecule has 0 atom stereocenters. The molecule has 3 amide bonds. The Hall–Kier alpha value is -2.71. The first-order valence-corrected chi connectivity index (χ1v) is 6.75. The minimum atomic E-state index is -0.578. The van der Waals surface area contributed by atoms with Crippen LogP contribution in [-0.4, -0.2) is 48.1 Å². The number of methoxy groups -OCH3 is 1. The van der Waals surface area contributed by atoms with Gasteiger partial charge < -0.3 is 15.4 Å². The molecule has 22 heavy (non-hydrogen) atoms. The van der Waals surface area contributed by atoms with Gasteiger partial charge in [0.15, 0.2) is 5.82 Å². The summed E-state index contributed by atoms with van der Waals surface area (Å²) < 4.78 is 4.37. The number of nitrogens with zero attached hydrogens (tertiary/aromatic N) is 2. The molecule has 0 aliphatic rings. The first kappa shape index (κ1) is 17.3. The minimum absolute atomic E-state index is 0.247. The average molecular weight is 309 g/mol. The lowest BCUT2D eigenvalue weighted by molar-refractivity contribution is -0.141. The molecule has 0 spiro atoms. The van der Waals surface area contributed by atoms with E-state index in [-0.39, 0.29) is 13.1 Å². The van der Waals surface area contributed by atoms with E-state index in [9.17, 15) is 14.4 Å². The fraction of sp³-hybridized carbons (Fsp3) is 0.462. The maximum atomic E-state index is 11.7. The molecule has 9 nitrogen and oxygen atoms in total. The van der Waals surface area contributed by atoms with E-state index in [0.29, 0.717) is 17.9 Å². The van der Waals surface area contributed by atoms with Crippen molar-refractivity contribution >= 4 is 23.7 Å². The van der Waals surface area contributed by atoms with Crippen molar-refractivity contribution in [3.05, 3.63) is 18.1 Å². The monoisotopic (exact) mass is 309 g/mol. The van der Waals surface area contributed by atoms with E-state index in [2.05, 4.69) is 30.7 Å². The van der Waals surface area contributed by atoms with Crippen molar-refractivity contribution in [2.24, 2.45) is 0 Å². The van der Waals surface area contributed by atoms with Gasteiger partial charge in [0.25, 0.3) is 0 Å². The van der Waals surface area contributed by atoms with E-state index in [1.165, 1.54) is 13.3 Å². The second-order valence-corrected chi connectivity index (χ2v) is 4.26. The Kier molecular flexibility index (Phi) is 7.31. The van der Waals surface area contributed by atoms with Gasteiger partial charge in [-0.3, -0.25) is 19.9 Å². The van der Waals surface area contributed by atoms with Crippen molar-refractivity contribution in [2.45, 2.75) is 19.8 Å². The number of nitrogens with one attached hydrogen (secondary N) is 3. The van der Waals surface area contributed by atoms with Gasteiger partial charge in [-0.1, -0.05) is 13.3 Å². The number of carbonyl (C=O) groups excluding carboxylic acids is 3. The molecule has 0 aromatic carbocycles. The molecule has 1 rings (SSSR count). The van der Waals surface area contributed by atoms with Gasteiger partial charge in [0.05, 0.1) is 19.3 Å². The van der Waals surface area contributed by atoms with Crippen molar-refractivity contribution in [3.8, 4) is 0 Å². The summed E-state index contributed by atoms with van der Waals surface area (Å²) >= 11 is 0. The zero-order chi connectivity index (χ0) is 16.4. The number of hydrogen-bond donors (Lipinski definition) is 3. The number of aromatic nitrogens is 2. The minimum Gasteiger partial charge on any atom is -0.468 e. The Morgan fingerprint density at radius 3 is 2.55 bits per heavy atom. The SMILES string of the molecule is CCCc1nccnc1NC(=O)NCC(=O)NCC(=O)OC. The second-order valence-electron chi connectivity index (χ2n) is 4.26. The molecule has 120 valence electrons. The van der Waals surface area contributed by atoms with Crippen LogP contribution in [0.15, 0.2) is 12.4 Å². The van der Waals surface area contributed by atoms with Crippen LogP contribution < -0.4 is 16.0 Å². The number of esters is 1. The highest BCUT2D eigenvalue weighted by Crippen LogP contribution is 2.09. The molecule has 9 heteroatoms. The van der Waals surface area contributed by atoms with E-state index in [4.69, 9.17) is 0 Å². The molecule has 0 aliphatic carbocycles. The van der Waals surface area contributed by atoms with Crippen molar-refractivity contribution in [2.75, 3.05) is 25.5 Å². The number of carbonyl (C=O) groups is 3. The summed E-state index contributed by atoms with van der Waals surface area (Å²) in [6, 6.07) is -0.578. The maximum Gasteiger partial charge on any atom is 0.325 e. The van der Waals surface area contributed by atoms with Gasteiger partial charge in [-0.15, -0.1) is 0 Å². The molecule has 0 saturated heterocycles. The molecule has 1 aromatic heterocycles. The summed E-state index contributed by atoms with van der Waals surface area (Å²) in [7, 11) is 1.22. The highest BCUT2D eigenvalue weighted by atomic mass is 16.5. The zero-order valence-electron chi connectivity index (χ0n) is 12.5. The average Bonchev–Trinajstić information content (AvgIpc) is 2.52. The molecule has 3 N–H and O–H groups in total. The van der Waals surface area contributed by atoms with Crippen molar-refractivity contribution in [3.63, 3.8) is 0 Å². The number of hydrogen-bond acceptors (Lipinski definition) is 6. The first-order chi connectivity index (χ1) is 10.6. The highest BCUT2D eigenvalue weighted by Gasteiger charge is 2.10. The van der Waals surface area contributed by atoms with E-state index in [1.54, 1.807) is 6.20 Å². The molecule has 0 bridgehead atoms. The molecular weight excluding hydrogens is 290 g/mol. The van der Waals surface area contributed by atoms with Crippen molar-refractivity contribution in [1.29, 1.82) is 0 Å². The number of amides is 3. The zero-order valence-corrected chi connectivity index (χ0v) is 12.5. The van der Waals surface area contributed by atoms with Gasteiger partial charge in [0, 0.05) is 12.4 Å². The van der Waals surface area contributed by atoms with Gasteiger partial charge in [-0.05, 0) is 6.42 Å². The Morgan fingerprint density at radius 2 is 1.86 bits per heavy atom. The lowest BCUT2D eigenvalue weighted by atomic mass is 10.2. The molecule has 0 unspecified atom stereocenters. The van der Waals surface area contributed by atoms with Crippen LogP contribution in [0.4, 0.5) is 10.6 Å². The number of ether oxygens (including phenoxy) is 1. The summed E-state index contributed by atoms with van der Waals surface area (Å²) in [4.78, 5) is 42.1. The third-order valence-electron chi connectivity index (χ3n) is 2.56. The summed E-state index contributed by atoms with van der Waals surface area (Å²) in [6.45, 7) is 1.47. The number of anilines is 1. The highest BCUT2D eigenvalue weighted by molar-refractivity contribution is 5.92. The molecule has 0 saturated carbocycles. The third kappa shape index (κ3) is 6.16. The van der Waals surface area contributed by atoms with E-state index in [1.807, 2.05) is 6.92 Å². The van der Waals surface area contributed by atoms with Gasteiger partial charge in [-0.2, -0.15) is 0 Å². The number of urea groups is 1. The second kappa shape index (κ2) is 9.27. The lowest BCUT2D eigenvalue weighted by Crippen LogP contribution is -2.41. The van der Waals surface area contributed by atoms with Crippen LogP contribution in [0.25, 0.3) is 0 Å². The largest absolute Gasteiger partial charge is 0.468 e. The maximum absolute atomic E-state index is 11.7. The predicted molar refractivity (Wildman–Crippen MR) is 78.1 cm³/mol. The molecule has 1 heterocycles. The van der Waals surface area contributed by atoms with Gasteiger partial charge >= 0.3 is 12.0 Å². The molecular formula is C13H19N5O4. The smallest absolute Gasteiger partial charge is 0.325 e. The van der Waals surface area contributed by atoms with Gasteiger partial charge in [0.2, 0.25) is 5.91 Å². The lowest BCUT2D eigenvalue weighted by Gasteiger charge is -2.09. The predicted octanol–water partition coefficient (Wildman–Crippen LogP) is -0.160. The van der Waals surface area contributed by atoms with Crippen LogP contribution in [0.1, 0.15) is 19.0 Å². The summed E-state index contributed by atoms with van der Waals surface area (Å²) in [5.74, 6) is -0.716. The molecule has 0 fully saturated rings. The Balaban J connectivity index is 2.40. The normalized spacial score (nSPS) is 9.73. The summed E-state index contributed by atoms with van der Waals surface area (Å²) in [5.41, 5.74) is 0.676. The Labute approximate surface area is 127 Å². The number of aryl methyl sites for hydroxylation is 1. The third-order valence-corrected chi connectivity index (χ3v) is 2.56. The Bertz CT molecular complexity index is 535. The summed E-state index contributed by atoms with van der Waals surface area (Å²) in [5, 5.41) is 7.19. The van der Waals surface area contributed by atoms with Gasteiger partial charge in [-0.25, -0.2) is 9.78 Å². The standard InChI is InChI=1S/C13H19N5O4/c1-3-4-9-12(15-6-5-14-9)18-13(21)17-7-10(19)16-8-11(20)22-2/h5-6H,3-4,7-8H2,1-2H3,(H,16,19)(H2,15,17,18,21). The van der Waals surface area contributed by atoms with Crippen LogP contribution >= 0.6 is 0 Å². The fourth-order valence-corrected chi connectivity index (χ4v) is 1.51. The van der Waals surface area contributed by atoms with Crippen molar-refractivity contribution in [1.82, 2.24) is 20.6 Å². The molecule has 0 radical (unpaired) electrons. The quantitative estimate of drug-likeness (QED) is 0.602. The van der Waals surface area contributed by atoms with Crippen LogP contribution in [0, 0.1) is 0 Å². The van der Waals surface area contributed by atoms with Crippen LogP contribution in [0.5, 0.6) is 0 Å². The van der Waals surface area contributed by atoms with E-state index >= 15 is 0 Å². The summed E-state index contributed by atoms with van der Waals surface area (Å²) in [6.07, 6.45) is 4.57. The van der Waals surface area contributed by atoms with Crippen molar-refractivity contribution < 1.29 is 19.1 Å². The topological polar surface area (TPSA) is 122 Å². The van der Waals surface area contributed by atoms with Crippen LogP contribution in [0.3, 0.4) is 0 Å². The van der Waals surface area contributed by atoms with E-state index < -0.39 is 17.9 Å².